The fourth-order valence-corrected chi connectivity index (χ4v) is 5.32. The largest absolute Gasteiger partial charge is 0.376 e. The van der Waals surface area contributed by atoms with E-state index in [4.69, 9.17) is 14.2 Å². The van der Waals surface area contributed by atoms with Gasteiger partial charge in [-0.2, -0.15) is 0 Å². The van der Waals surface area contributed by atoms with E-state index < -0.39 is 6.43 Å². The summed E-state index contributed by atoms with van der Waals surface area (Å²) in [5, 5.41) is 4.01. The molecule has 11 heteroatoms. The third kappa shape index (κ3) is 6.57. The topological polar surface area (TPSA) is 83.3 Å². The number of alkyl halides is 2. The van der Waals surface area contributed by atoms with Crippen LogP contribution >= 0.6 is 11.8 Å². The van der Waals surface area contributed by atoms with Gasteiger partial charge in [-0.1, -0.05) is 23.9 Å². The van der Waals surface area contributed by atoms with Gasteiger partial charge in [-0.3, -0.25) is 4.57 Å². The molecule has 1 atom stereocenters. The molecule has 37 heavy (non-hydrogen) atoms. The average molecular weight is 534 g/mol. The molecule has 3 heterocycles. The molecule has 0 bridgehead atoms. The van der Waals surface area contributed by atoms with Crippen molar-refractivity contribution in [2.24, 2.45) is 0 Å². The van der Waals surface area contributed by atoms with Crippen LogP contribution in [0.5, 0.6) is 0 Å². The molecule has 3 aromatic rings. The number of para-hydroxylation sites is 2. The van der Waals surface area contributed by atoms with Crippen molar-refractivity contribution >= 4 is 28.6 Å². The van der Waals surface area contributed by atoms with Crippen molar-refractivity contribution in [2.45, 2.75) is 75.0 Å². The minimum Gasteiger partial charge on any atom is -0.376 e. The van der Waals surface area contributed by atoms with E-state index in [0.29, 0.717) is 41.0 Å². The van der Waals surface area contributed by atoms with Gasteiger partial charge in [0.2, 0.25) is 0 Å². The van der Waals surface area contributed by atoms with Crippen LogP contribution in [-0.4, -0.2) is 64.0 Å². The van der Waals surface area contributed by atoms with Crippen LogP contribution in [0.2, 0.25) is 0 Å². The number of aromatic nitrogens is 4. The Morgan fingerprint density at radius 3 is 2.62 bits per heavy atom. The fraction of sp³-hybridized carbons (Fsp3) is 0.577. The molecule has 200 valence electrons. The Morgan fingerprint density at radius 2 is 1.86 bits per heavy atom. The number of hydrogen-bond donors (Lipinski definition) is 1. The predicted octanol–water partition coefficient (Wildman–Crippen LogP) is 5.76. The normalized spacial score (nSPS) is 22.5. The molecule has 0 radical (unpaired) electrons. The molecule has 1 saturated carbocycles. The number of nitrogens with zero attached hydrogens (tertiary/aromatic N) is 4. The van der Waals surface area contributed by atoms with Crippen molar-refractivity contribution in [3.05, 3.63) is 36.2 Å². The van der Waals surface area contributed by atoms with E-state index in [1.165, 1.54) is 16.3 Å². The third-order valence-corrected chi connectivity index (χ3v) is 7.34. The Kier molecular flexibility index (Phi) is 8.85. The number of halogens is 2. The van der Waals surface area contributed by atoms with Gasteiger partial charge in [-0.05, 0) is 63.3 Å². The quantitative estimate of drug-likeness (QED) is 0.200. The minimum atomic E-state index is -2.73. The van der Waals surface area contributed by atoms with Gasteiger partial charge in [-0.15, -0.1) is 0 Å². The molecule has 0 amide bonds. The molecule has 1 unspecified atom stereocenters. The first-order valence-electron chi connectivity index (χ1n) is 12.9. The summed E-state index contributed by atoms with van der Waals surface area (Å²) in [7, 11) is 0. The number of hydrogen-bond acceptors (Lipinski definition) is 8. The molecule has 1 aliphatic heterocycles. The van der Waals surface area contributed by atoms with Crippen LogP contribution in [0.3, 0.4) is 0 Å². The van der Waals surface area contributed by atoms with Crippen LogP contribution in [0.4, 0.5) is 14.6 Å². The van der Waals surface area contributed by atoms with E-state index in [-0.39, 0.29) is 24.3 Å². The first-order chi connectivity index (χ1) is 18.1. The predicted molar refractivity (Wildman–Crippen MR) is 139 cm³/mol. The number of rotatable bonds is 10. The summed E-state index contributed by atoms with van der Waals surface area (Å²) >= 11 is 1.37. The van der Waals surface area contributed by atoms with E-state index >= 15 is 0 Å². The maximum atomic E-state index is 13.9. The van der Waals surface area contributed by atoms with Gasteiger partial charge in [0.1, 0.15) is 11.6 Å². The molecule has 0 spiro atoms. The number of benzene rings is 1. The zero-order valence-corrected chi connectivity index (χ0v) is 21.8. The van der Waals surface area contributed by atoms with Crippen molar-refractivity contribution in [3.63, 3.8) is 0 Å². The smallest absolute Gasteiger partial charge is 0.296 e. The highest BCUT2D eigenvalue weighted by atomic mass is 32.2. The lowest BCUT2D eigenvalue weighted by Crippen LogP contribution is -2.31. The fourth-order valence-electron chi connectivity index (χ4n) is 4.94. The van der Waals surface area contributed by atoms with Crippen LogP contribution in [0.25, 0.3) is 16.9 Å². The minimum absolute atomic E-state index is 0.0849. The maximum absolute atomic E-state index is 13.9. The van der Waals surface area contributed by atoms with E-state index in [1.54, 1.807) is 24.3 Å². The number of imidazole rings is 1. The molecular formula is C26H33F2N5O3S. The number of nitrogens with one attached hydrogen (secondary N) is 1. The van der Waals surface area contributed by atoms with E-state index in [9.17, 15) is 8.78 Å². The first-order valence-corrected chi connectivity index (χ1v) is 14.1. The highest BCUT2D eigenvalue weighted by molar-refractivity contribution is 7.98. The van der Waals surface area contributed by atoms with Crippen LogP contribution in [0, 0.1) is 0 Å². The summed E-state index contributed by atoms with van der Waals surface area (Å²) in [6, 6.07) is 9.04. The molecule has 2 fully saturated rings. The van der Waals surface area contributed by atoms with Crippen molar-refractivity contribution < 1.29 is 23.0 Å². The average Bonchev–Trinajstić information content (AvgIpc) is 3.33. The zero-order valence-electron chi connectivity index (χ0n) is 20.9. The van der Waals surface area contributed by atoms with Crippen LogP contribution in [-0.2, 0) is 14.2 Å². The van der Waals surface area contributed by atoms with Gasteiger partial charge < -0.3 is 19.5 Å². The summed E-state index contributed by atoms with van der Waals surface area (Å²) in [4.78, 5) is 13.3. The van der Waals surface area contributed by atoms with E-state index in [0.717, 1.165) is 51.6 Å². The highest BCUT2D eigenvalue weighted by Crippen LogP contribution is 2.30. The summed E-state index contributed by atoms with van der Waals surface area (Å²) in [5.74, 6) is 0.678. The second-order valence-electron chi connectivity index (χ2n) is 9.35. The molecule has 2 aliphatic rings. The second kappa shape index (κ2) is 12.5. The lowest BCUT2D eigenvalue weighted by molar-refractivity contribution is -0.172. The van der Waals surface area contributed by atoms with Gasteiger partial charge in [0.15, 0.2) is 17.3 Å². The summed E-state index contributed by atoms with van der Waals surface area (Å²) < 4.78 is 46.6. The summed E-state index contributed by atoms with van der Waals surface area (Å²) in [6.45, 7) is 1.90. The molecular weight excluding hydrogens is 500 g/mol. The van der Waals surface area contributed by atoms with E-state index in [1.807, 2.05) is 12.3 Å². The van der Waals surface area contributed by atoms with Gasteiger partial charge in [0.25, 0.3) is 6.43 Å². The number of ether oxygens (including phenoxy) is 3. The van der Waals surface area contributed by atoms with Gasteiger partial charge >= 0.3 is 0 Å². The molecule has 1 N–H and O–H groups in total. The Hall–Kier alpha value is -2.34. The Morgan fingerprint density at radius 1 is 1.05 bits per heavy atom. The molecule has 1 aromatic carbocycles. The van der Waals surface area contributed by atoms with Crippen LogP contribution < -0.4 is 5.32 Å². The van der Waals surface area contributed by atoms with Crippen molar-refractivity contribution in [1.29, 1.82) is 0 Å². The van der Waals surface area contributed by atoms with Gasteiger partial charge in [0, 0.05) is 18.7 Å². The SMILES string of the molecule is CSc1nc(NC2CCC(OCCOC3CCCCO3)CC2)cc(-n2c(C(F)F)nc3ccccc32)n1. The summed E-state index contributed by atoms with van der Waals surface area (Å²) in [5.41, 5.74) is 1.10. The number of thioether (sulfide) groups is 1. The molecule has 8 nitrogen and oxygen atoms in total. The molecule has 5 rings (SSSR count). The second-order valence-corrected chi connectivity index (χ2v) is 10.1. The highest BCUT2D eigenvalue weighted by Gasteiger charge is 2.24. The zero-order chi connectivity index (χ0) is 25.6. The van der Waals surface area contributed by atoms with Crippen LogP contribution in [0.15, 0.2) is 35.5 Å². The van der Waals surface area contributed by atoms with Gasteiger partial charge in [-0.25, -0.2) is 23.7 Å². The lowest BCUT2D eigenvalue weighted by atomic mass is 9.93. The van der Waals surface area contributed by atoms with Crippen LogP contribution in [0.1, 0.15) is 57.2 Å². The monoisotopic (exact) mass is 533 g/mol. The molecule has 1 aliphatic carbocycles. The van der Waals surface area contributed by atoms with Gasteiger partial charge in [0.05, 0.1) is 30.4 Å². The third-order valence-electron chi connectivity index (χ3n) is 6.79. The lowest BCUT2D eigenvalue weighted by Gasteiger charge is -2.30. The molecule has 2 aromatic heterocycles. The Labute approximate surface area is 219 Å². The van der Waals surface area contributed by atoms with Crippen molar-refractivity contribution in [2.75, 3.05) is 31.4 Å². The summed E-state index contributed by atoms with van der Waals surface area (Å²) in [6.07, 6.45) is 6.23. The Bertz CT molecular complexity index is 1170. The Balaban J connectivity index is 1.20. The van der Waals surface area contributed by atoms with Crippen molar-refractivity contribution in [1.82, 2.24) is 19.5 Å². The number of fused-ring (bicyclic) bond motifs is 1. The first kappa shape index (κ1) is 26.3. The number of anilines is 1. The maximum Gasteiger partial charge on any atom is 0.296 e. The van der Waals surface area contributed by atoms with E-state index in [2.05, 4.69) is 20.3 Å². The van der Waals surface area contributed by atoms with Crippen molar-refractivity contribution in [3.8, 4) is 5.82 Å². The standard InChI is InChI=1S/C26H33F2N5O3S/c1-37-26-31-21(16-22(32-26)33-20-7-3-2-6-19(20)30-25(33)24(27)28)29-17-9-11-18(12-10-17)34-14-15-36-23-8-4-5-13-35-23/h2-3,6-7,16-18,23-24H,4-5,8-15H2,1H3,(H,29,31,32). The molecule has 1 saturated heterocycles.